The lowest BCUT2D eigenvalue weighted by Gasteiger charge is -2.34. The number of rotatable bonds is 9. The SMILES string of the molecule is C=C[C@H]1O[C@@]2(/C=C/OC(C)=O)[C@H](C(=O)N(Cc3ccc(OC)cc3)[C@@H]2C(=O)NCc2ccccc2)[C@@H]1I. The highest BCUT2D eigenvalue weighted by molar-refractivity contribution is 14.1. The van der Waals surface area contributed by atoms with E-state index in [9.17, 15) is 14.4 Å². The minimum Gasteiger partial charge on any atom is -0.497 e. The summed E-state index contributed by atoms with van der Waals surface area (Å²) >= 11 is 2.18. The zero-order chi connectivity index (χ0) is 26.6. The first-order valence-corrected chi connectivity index (χ1v) is 13.1. The summed E-state index contributed by atoms with van der Waals surface area (Å²) in [4.78, 5) is 40.8. The average Bonchev–Trinajstić information content (AvgIpc) is 3.31. The van der Waals surface area contributed by atoms with Crippen LogP contribution in [0.3, 0.4) is 0 Å². The maximum Gasteiger partial charge on any atom is 0.307 e. The molecule has 2 saturated heterocycles. The molecule has 37 heavy (non-hydrogen) atoms. The van der Waals surface area contributed by atoms with Gasteiger partial charge in [-0.25, -0.2) is 0 Å². The second-order valence-electron chi connectivity index (χ2n) is 8.93. The molecule has 2 heterocycles. The molecular weight excluding hydrogens is 587 g/mol. The van der Waals surface area contributed by atoms with Gasteiger partial charge in [0.2, 0.25) is 11.8 Å². The van der Waals surface area contributed by atoms with E-state index in [1.54, 1.807) is 18.1 Å². The van der Waals surface area contributed by atoms with E-state index in [-0.39, 0.29) is 28.8 Å². The Bertz CT molecular complexity index is 1180. The van der Waals surface area contributed by atoms with Crippen LogP contribution in [0, 0.1) is 5.92 Å². The topological polar surface area (TPSA) is 94.2 Å². The molecule has 2 aromatic carbocycles. The first-order chi connectivity index (χ1) is 17.8. The molecule has 0 aliphatic carbocycles. The Kier molecular flexibility index (Phi) is 8.33. The zero-order valence-electron chi connectivity index (χ0n) is 20.6. The monoisotopic (exact) mass is 616 g/mol. The van der Waals surface area contributed by atoms with Gasteiger partial charge in [-0.3, -0.25) is 14.4 Å². The number of methoxy groups -OCH3 is 1. The molecule has 2 aliphatic rings. The van der Waals surface area contributed by atoms with Gasteiger partial charge >= 0.3 is 5.97 Å². The van der Waals surface area contributed by atoms with Crippen molar-refractivity contribution in [2.24, 2.45) is 5.92 Å². The number of nitrogens with zero attached hydrogens (tertiary/aromatic N) is 1. The smallest absolute Gasteiger partial charge is 0.307 e. The van der Waals surface area contributed by atoms with Gasteiger partial charge in [-0.15, -0.1) is 6.58 Å². The van der Waals surface area contributed by atoms with E-state index in [1.807, 2.05) is 54.6 Å². The van der Waals surface area contributed by atoms with Crippen LogP contribution in [0.4, 0.5) is 0 Å². The van der Waals surface area contributed by atoms with Crippen LogP contribution in [0.2, 0.25) is 0 Å². The Morgan fingerprint density at radius 3 is 2.49 bits per heavy atom. The van der Waals surface area contributed by atoms with Gasteiger partial charge in [-0.05, 0) is 29.3 Å². The number of hydrogen-bond donors (Lipinski definition) is 1. The summed E-state index contributed by atoms with van der Waals surface area (Å²) in [6.07, 6.45) is 3.92. The first kappa shape index (κ1) is 26.9. The number of ether oxygens (including phenoxy) is 3. The van der Waals surface area contributed by atoms with Crippen molar-refractivity contribution in [2.45, 2.75) is 41.7 Å². The summed E-state index contributed by atoms with van der Waals surface area (Å²) in [5.74, 6) is -1.09. The Hall–Kier alpha value is -3.18. The van der Waals surface area contributed by atoms with Crippen LogP contribution in [0.5, 0.6) is 5.75 Å². The third-order valence-corrected chi connectivity index (χ3v) is 8.04. The van der Waals surface area contributed by atoms with Crippen molar-refractivity contribution in [1.29, 1.82) is 0 Å². The van der Waals surface area contributed by atoms with Crippen LogP contribution in [0.15, 0.2) is 79.6 Å². The van der Waals surface area contributed by atoms with Gasteiger partial charge in [0.25, 0.3) is 0 Å². The molecule has 0 bridgehead atoms. The molecule has 0 radical (unpaired) electrons. The van der Waals surface area contributed by atoms with E-state index in [1.165, 1.54) is 19.3 Å². The van der Waals surface area contributed by atoms with Crippen molar-refractivity contribution < 1.29 is 28.6 Å². The quantitative estimate of drug-likeness (QED) is 0.152. The van der Waals surface area contributed by atoms with Crippen molar-refractivity contribution in [1.82, 2.24) is 10.2 Å². The number of halogens is 1. The Balaban J connectivity index is 1.73. The van der Waals surface area contributed by atoms with E-state index >= 15 is 0 Å². The second kappa shape index (κ2) is 11.5. The summed E-state index contributed by atoms with van der Waals surface area (Å²) < 4.78 is 16.5. The zero-order valence-corrected chi connectivity index (χ0v) is 22.8. The van der Waals surface area contributed by atoms with Crippen molar-refractivity contribution in [3.05, 3.63) is 90.7 Å². The summed E-state index contributed by atoms with van der Waals surface area (Å²) in [5.41, 5.74) is 0.398. The van der Waals surface area contributed by atoms with Crippen LogP contribution in [-0.4, -0.2) is 51.5 Å². The summed E-state index contributed by atoms with van der Waals surface area (Å²) in [6.45, 7) is 5.61. The number of carbonyl (C=O) groups excluding carboxylic acids is 3. The molecule has 0 saturated carbocycles. The fourth-order valence-corrected chi connectivity index (χ4v) is 6.21. The predicted octanol–water partition coefficient (Wildman–Crippen LogP) is 3.54. The predicted molar refractivity (Wildman–Crippen MR) is 146 cm³/mol. The maximum absolute atomic E-state index is 13.9. The molecule has 4 rings (SSSR count). The number of esters is 1. The van der Waals surface area contributed by atoms with Gasteiger partial charge in [-0.1, -0.05) is 71.1 Å². The van der Waals surface area contributed by atoms with Gasteiger partial charge < -0.3 is 24.4 Å². The number of fused-ring (bicyclic) bond motifs is 1. The maximum atomic E-state index is 13.9. The number of amides is 2. The number of nitrogens with one attached hydrogen (secondary N) is 1. The molecule has 0 spiro atoms. The van der Waals surface area contributed by atoms with Crippen LogP contribution in [0.25, 0.3) is 0 Å². The van der Waals surface area contributed by atoms with Crippen LogP contribution in [-0.2, 0) is 36.9 Å². The van der Waals surface area contributed by atoms with Crippen molar-refractivity contribution in [3.63, 3.8) is 0 Å². The summed E-state index contributed by atoms with van der Waals surface area (Å²) in [7, 11) is 1.58. The number of benzene rings is 2. The summed E-state index contributed by atoms with van der Waals surface area (Å²) in [6, 6.07) is 15.8. The van der Waals surface area contributed by atoms with Gasteiger partial charge in [0.1, 0.15) is 17.4 Å². The Morgan fingerprint density at radius 2 is 1.86 bits per heavy atom. The number of likely N-dealkylation sites (tertiary alicyclic amines) is 1. The molecule has 194 valence electrons. The number of hydrogen-bond acceptors (Lipinski definition) is 6. The molecular formula is C28H29IN2O6. The van der Waals surface area contributed by atoms with Crippen molar-refractivity contribution in [3.8, 4) is 5.75 Å². The molecule has 9 heteroatoms. The first-order valence-electron chi connectivity index (χ1n) is 11.8. The highest BCUT2D eigenvalue weighted by Gasteiger charge is 2.68. The summed E-state index contributed by atoms with van der Waals surface area (Å²) in [5, 5.41) is 2.98. The van der Waals surface area contributed by atoms with Gasteiger partial charge in [0, 0.05) is 20.0 Å². The van der Waals surface area contributed by atoms with E-state index in [4.69, 9.17) is 14.2 Å². The lowest BCUT2D eigenvalue weighted by molar-refractivity contribution is -0.140. The molecule has 2 fully saturated rings. The van der Waals surface area contributed by atoms with E-state index in [2.05, 4.69) is 34.5 Å². The molecule has 1 N–H and O–H groups in total. The molecule has 8 nitrogen and oxygen atoms in total. The minimum atomic E-state index is -1.36. The molecule has 0 unspecified atom stereocenters. The largest absolute Gasteiger partial charge is 0.497 e. The van der Waals surface area contributed by atoms with Crippen LogP contribution >= 0.6 is 22.6 Å². The van der Waals surface area contributed by atoms with Crippen molar-refractivity contribution in [2.75, 3.05) is 7.11 Å². The second-order valence-corrected chi connectivity index (χ2v) is 10.4. The third kappa shape index (κ3) is 5.42. The fraction of sp³-hybridized carbons (Fsp3) is 0.321. The van der Waals surface area contributed by atoms with E-state index in [0.29, 0.717) is 5.75 Å². The fourth-order valence-electron chi connectivity index (χ4n) is 4.90. The standard InChI is InChI=1S/C28H29IN2O6/c1-4-22-24(29)23-27(34)31(17-20-10-12-21(35-3)13-11-20)25(28(23,37-22)14-15-36-18(2)32)26(33)30-16-19-8-6-5-7-9-19/h4-15,22-25H,1,16-17H2,2-3H3,(H,30,33)/b15-14+/t22-,23+,24-,25-,28+/m1/s1. The van der Waals surface area contributed by atoms with Crippen LogP contribution in [0.1, 0.15) is 18.1 Å². The lowest BCUT2D eigenvalue weighted by atomic mass is 9.84. The van der Waals surface area contributed by atoms with E-state index < -0.39 is 29.6 Å². The number of alkyl halides is 1. The van der Waals surface area contributed by atoms with Gasteiger partial charge in [0.05, 0.1) is 29.3 Å². The number of carbonyl (C=O) groups is 3. The van der Waals surface area contributed by atoms with E-state index in [0.717, 1.165) is 11.1 Å². The van der Waals surface area contributed by atoms with Gasteiger partial charge in [-0.2, -0.15) is 0 Å². The molecule has 2 aromatic rings. The normalized spacial score (nSPS) is 26.7. The third-order valence-electron chi connectivity index (χ3n) is 6.61. The van der Waals surface area contributed by atoms with Crippen LogP contribution < -0.4 is 10.1 Å². The Labute approximate surface area is 229 Å². The highest BCUT2D eigenvalue weighted by Crippen LogP contribution is 2.51. The average molecular weight is 616 g/mol. The molecule has 2 aliphatic heterocycles. The molecule has 5 atom stereocenters. The lowest BCUT2D eigenvalue weighted by Crippen LogP contribution is -2.55. The van der Waals surface area contributed by atoms with Gasteiger partial charge in [0.15, 0.2) is 0 Å². The minimum absolute atomic E-state index is 0.192. The van der Waals surface area contributed by atoms with Crippen molar-refractivity contribution >= 4 is 40.4 Å². The highest BCUT2D eigenvalue weighted by atomic mass is 127. The Morgan fingerprint density at radius 1 is 1.16 bits per heavy atom. The molecule has 0 aromatic heterocycles. The molecule has 2 amide bonds.